The standard InChI is InChI=1S/C24H34N8O2S2/c1-17-16-20(29-28-17)25-22-21(34-4)23(32-14-12-31(13-15-32)11-10-30(2)3)27-24(26-22)35-18-6-8-19(9-7-18)36(5)33/h6-9,16H,10-15H2,1-5H3,(H2,25,26,27,28,29). The van der Waals surface area contributed by atoms with Crippen LogP contribution >= 0.6 is 11.8 Å². The molecule has 0 amide bonds. The lowest BCUT2D eigenvalue weighted by molar-refractivity contribution is 0.228. The molecule has 194 valence electrons. The number of aryl methyl sites for hydroxylation is 1. The molecule has 1 aromatic carbocycles. The molecule has 1 aliphatic heterocycles. The fourth-order valence-corrected chi connectivity index (χ4v) is 5.16. The summed E-state index contributed by atoms with van der Waals surface area (Å²) in [5.74, 6) is 2.59. The monoisotopic (exact) mass is 530 g/mol. The summed E-state index contributed by atoms with van der Waals surface area (Å²) in [7, 11) is 5.85. The van der Waals surface area contributed by atoms with Crippen LogP contribution in [0.1, 0.15) is 5.69 Å². The van der Waals surface area contributed by atoms with Crippen molar-refractivity contribution in [3.63, 3.8) is 0 Å². The number of nitrogens with zero attached hydrogens (tertiary/aromatic N) is 6. The molecule has 1 atom stereocenters. The number of benzene rings is 1. The highest BCUT2D eigenvalue weighted by Gasteiger charge is 2.25. The highest BCUT2D eigenvalue weighted by atomic mass is 32.2. The van der Waals surface area contributed by atoms with E-state index < -0.39 is 11.2 Å². The predicted octanol–water partition coefficient (Wildman–Crippen LogP) is 2.83. The van der Waals surface area contributed by atoms with Crippen molar-refractivity contribution < 1.29 is 9.29 Å². The number of rotatable bonds is 10. The molecule has 0 spiro atoms. The first-order valence-corrected chi connectivity index (χ1v) is 14.2. The van der Waals surface area contributed by atoms with Crippen molar-refractivity contribution in [3.8, 4) is 5.75 Å². The minimum Gasteiger partial charge on any atom is -0.612 e. The van der Waals surface area contributed by atoms with Gasteiger partial charge in [-0.2, -0.15) is 5.10 Å². The van der Waals surface area contributed by atoms with Gasteiger partial charge in [0.2, 0.25) is 5.75 Å². The van der Waals surface area contributed by atoms with Crippen molar-refractivity contribution in [2.24, 2.45) is 0 Å². The highest BCUT2D eigenvalue weighted by Crippen LogP contribution is 2.38. The molecule has 4 rings (SSSR count). The van der Waals surface area contributed by atoms with Crippen molar-refractivity contribution in [3.05, 3.63) is 36.0 Å². The van der Waals surface area contributed by atoms with Crippen molar-refractivity contribution in [2.75, 3.05) is 76.9 Å². The molecule has 0 saturated carbocycles. The quantitative estimate of drug-likeness (QED) is 0.300. The number of aromatic amines is 1. The predicted molar refractivity (Wildman–Crippen MR) is 145 cm³/mol. The van der Waals surface area contributed by atoms with Gasteiger partial charge in [0.1, 0.15) is 6.26 Å². The topological polar surface area (TPSA) is 108 Å². The Balaban J connectivity index is 1.61. The van der Waals surface area contributed by atoms with Gasteiger partial charge in [0.25, 0.3) is 0 Å². The van der Waals surface area contributed by atoms with Crippen LogP contribution < -0.4 is 15.0 Å². The Morgan fingerprint density at radius 2 is 1.89 bits per heavy atom. The lowest BCUT2D eigenvalue weighted by Gasteiger charge is -2.36. The van der Waals surface area contributed by atoms with Crippen LogP contribution in [0, 0.1) is 6.92 Å². The minimum absolute atomic E-state index is 0.567. The molecule has 36 heavy (non-hydrogen) atoms. The maximum atomic E-state index is 11.8. The number of hydrogen-bond donors (Lipinski definition) is 2. The summed E-state index contributed by atoms with van der Waals surface area (Å²) in [6.45, 7) is 7.66. The van der Waals surface area contributed by atoms with Crippen molar-refractivity contribution in [2.45, 2.75) is 21.9 Å². The van der Waals surface area contributed by atoms with E-state index in [4.69, 9.17) is 14.7 Å². The van der Waals surface area contributed by atoms with Crippen LogP contribution in [0.2, 0.25) is 0 Å². The van der Waals surface area contributed by atoms with Gasteiger partial charge >= 0.3 is 0 Å². The first-order chi connectivity index (χ1) is 17.3. The van der Waals surface area contributed by atoms with E-state index in [1.807, 2.05) is 37.3 Å². The molecular formula is C24H34N8O2S2. The van der Waals surface area contributed by atoms with Crippen molar-refractivity contribution in [1.82, 2.24) is 30.0 Å². The summed E-state index contributed by atoms with van der Waals surface area (Å²) in [4.78, 5) is 18.4. The molecule has 0 radical (unpaired) electrons. The smallest absolute Gasteiger partial charge is 0.204 e. The van der Waals surface area contributed by atoms with Crippen LogP contribution in [-0.4, -0.2) is 101 Å². The van der Waals surface area contributed by atoms with Gasteiger partial charge in [-0.25, -0.2) is 9.97 Å². The Kier molecular flexibility index (Phi) is 8.96. The fourth-order valence-electron chi connectivity index (χ4n) is 3.88. The van der Waals surface area contributed by atoms with Gasteiger partial charge in [0.15, 0.2) is 27.5 Å². The van der Waals surface area contributed by atoms with Gasteiger partial charge in [-0.05, 0) is 68.2 Å². The second-order valence-corrected chi connectivity index (χ2v) is 11.4. The van der Waals surface area contributed by atoms with Crippen LogP contribution in [-0.2, 0) is 11.2 Å². The van der Waals surface area contributed by atoms with E-state index in [9.17, 15) is 4.55 Å². The van der Waals surface area contributed by atoms with E-state index in [1.165, 1.54) is 11.8 Å². The van der Waals surface area contributed by atoms with Gasteiger partial charge < -0.3 is 24.4 Å². The van der Waals surface area contributed by atoms with E-state index in [1.54, 1.807) is 13.4 Å². The van der Waals surface area contributed by atoms with E-state index in [0.29, 0.717) is 22.5 Å². The molecule has 1 unspecified atom stereocenters. The zero-order valence-electron chi connectivity index (χ0n) is 21.4. The van der Waals surface area contributed by atoms with Crippen LogP contribution in [0.25, 0.3) is 0 Å². The average Bonchev–Trinajstić information content (AvgIpc) is 3.27. The summed E-state index contributed by atoms with van der Waals surface area (Å²) in [6, 6.07) is 9.56. The summed E-state index contributed by atoms with van der Waals surface area (Å²) in [5.41, 5.74) is 0.947. The number of piperazine rings is 1. The number of aromatic nitrogens is 4. The molecule has 2 N–H and O–H groups in total. The zero-order chi connectivity index (χ0) is 25.7. The van der Waals surface area contributed by atoms with Gasteiger partial charge in [-0.1, -0.05) is 0 Å². The number of nitrogens with one attached hydrogen (secondary N) is 2. The number of hydrogen-bond acceptors (Lipinski definition) is 10. The third-order valence-electron chi connectivity index (χ3n) is 5.88. The van der Waals surface area contributed by atoms with Crippen LogP contribution in [0.3, 0.4) is 0 Å². The molecule has 10 nitrogen and oxygen atoms in total. The third-order valence-corrected chi connectivity index (χ3v) is 7.69. The Hall–Kier alpha value is -2.51. The number of ether oxygens (including phenoxy) is 1. The second kappa shape index (κ2) is 12.2. The number of anilines is 3. The average molecular weight is 531 g/mol. The molecule has 0 aliphatic carbocycles. The van der Waals surface area contributed by atoms with Gasteiger partial charge in [0, 0.05) is 55.9 Å². The lowest BCUT2D eigenvalue weighted by Crippen LogP contribution is -2.48. The Morgan fingerprint density at radius 3 is 2.47 bits per heavy atom. The van der Waals surface area contributed by atoms with Crippen LogP contribution in [0.15, 0.2) is 45.3 Å². The van der Waals surface area contributed by atoms with Crippen molar-refractivity contribution >= 4 is 40.4 Å². The number of H-pyrrole nitrogens is 1. The molecule has 1 fully saturated rings. The summed E-state index contributed by atoms with van der Waals surface area (Å²) in [6.07, 6.45) is 1.68. The van der Waals surface area contributed by atoms with Gasteiger partial charge in [0.05, 0.1) is 7.11 Å². The first-order valence-electron chi connectivity index (χ1n) is 11.8. The van der Waals surface area contributed by atoms with E-state index in [2.05, 4.69) is 44.3 Å². The molecule has 12 heteroatoms. The third kappa shape index (κ3) is 6.83. The second-order valence-electron chi connectivity index (χ2n) is 8.93. The molecule has 0 bridgehead atoms. The van der Waals surface area contributed by atoms with Crippen LogP contribution in [0.5, 0.6) is 5.75 Å². The Bertz CT molecular complexity index is 1130. The van der Waals surface area contributed by atoms with Gasteiger partial charge in [-0.15, -0.1) is 0 Å². The van der Waals surface area contributed by atoms with E-state index in [0.717, 1.165) is 60.6 Å². The zero-order valence-corrected chi connectivity index (χ0v) is 23.1. The Morgan fingerprint density at radius 1 is 1.17 bits per heavy atom. The highest BCUT2D eigenvalue weighted by molar-refractivity contribution is 7.99. The summed E-state index contributed by atoms with van der Waals surface area (Å²) in [5, 5.41) is 11.2. The molecule has 1 aliphatic rings. The van der Waals surface area contributed by atoms with E-state index >= 15 is 0 Å². The number of likely N-dealkylation sites (N-methyl/N-ethyl adjacent to an activating group) is 1. The maximum absolute atomic E-state index is 11.8. The van der Waals surface area contributed by atoms with Crippen LogP contribution in [0.4, 0.5) is 17.5 Å². The first kappa shape index (κ1) is 26.6. The fraction of sp³-hybridized carbons (Fsp3) is 0.458. The molecule has 3 heterocycles. The normalized spacial score (nSPS) is 15.4. The molecule has 2 aromatic heterocycles. The molecule has 1 saturated heterocycles. The molecule has 3 aromatic rings. The molecular weight excluding hydrogens is 496 g/mol. The summed E-state index contributed by atoms with van der Waals surface area (Å²) < 4.78 is 17.6. The summed E-state index contributed by atoms with van der Waals surface area (Å²) >= 11 is 0.443. The largest absolute Gasteiger partial charge is 0.612 e. The SMILES string of the molecule is COc1c(Nc2cc(C)[nH]n2)nc(Sc2ccc([S+](C)[O-])cc2)nc1N1CCN(CCN(C)C)CC1. The lowest BCUT2D eigenvalue weighted by atomic mass is 10.3. The Labute approximate surface area is 220 Å². The van der Waals surface area contributed by atoms with Crippen molar-refractivity contribution in [1.29, 1.82) is 0 Å². The van der Waals surface area contributed by atoms with E-state index in [-0.39, 0.29) is 0 Å². The minimum atomic E-state index is -1.02. The maximum Gasteiger partial charge on any atom is 0.204 e. The number of methoxy groups -OCH3 is 1. The van der Waals surface area contributed by atoms with Gasteiger partial charge in [-0.3, -0.25) is 10.00 Å².